The molecule has 166 valence electrons. The van der Waals surface area contributed by atoms with Crippen molar-refractivity contribution in [2.45, 2.75) is 34.2 Å². The van der Waals surface area contributed by atoms with E-state index in [9.17, 15) is 0 Å². The molecule has 7 heteroatoms. The third-order valence-corrected chi connectivity index (χ3v) is 5.29. The van der Waals surface area contributed by atoms with E-state index in [1.165, 1.54) is 38.3 Å². The SMILES string of the molecule is CCOc1cc(C)ccc1CNC(=NC)NCC(C)CN1CCN(CC)CC1.I. The van der Waals surface area contributed by atoms with E-state index in [-0.39, 0.29) is 24.0 Å². The summed E-state index contributed by atoms with van der Waals surface area (Å²) in [6.45, 7) is 18.0. The van der Waals surface area contributed by atoms with Crippen LogP contribution < -0.4 is 15.4 Å². The first-order valence-corrected chi connectivity index (χ1v) is 10.7. The van der Waals surface area contributed by atoms with Crippen LogP contribution in [-0.2, 0) is 6.54 Å². The third kappa shape index (κ3) is 9.09. The molecule has 1 aromatic rings. The number of aliphatic imine (C=N–C) groups is 1. The maximum atomic E-state index is 5.77. The molecular weight excluding hydrogens is 477 g/mol. The van der Waals surface area contributed by atoms with E-state index in [0.717, 1.165) is 30.4 Å². The van der Waals surface area contributed by atoms with Crippen molar-refractivity contribution in [3.8, 4) is 5.75 Å². The molecule has 1 aliphatic rings. The molecule has 0 spiro atoms. The second-order valence-corrected chi connectivity index (χ2v) is 7.69. The average molecular weight is 518 g/mol. The van der Waals surface area contributed by atoms with Gasteiger partial charge in [0.05, 0.1) is 6.61 Å². The third-order valence-electron chi connectivity index (χ3n) is 5.29. The van der Waals surface area contributed by atoms with Gasteiger partial charge in [-0.25, -0.2) is 0 Å². The molecule has 6 nitrogen and oxygen atoms in total. The first-order chi connectivity index (χ1) is 13.5. The largest absolute Gasteiger partial charge is 0.494 e. The molecule has 0 bridgehead atoms. The molecule has 1 aliphatic heterocycles. The van der Waals surface area contributed by atoms with Crippen LogP contribution in [0.15, 0.2) is 23.2 Å². The number of rotatable bonds is 9. The minimum Gasteiger partial charge on any atom is -0.494 e. The Bertz CT molecular complexity index is 617. The average Bonchev–Trinajstić information content (AvgIpc) is 2.70. The van der Waals surface area contributed by atoms with Gasteiger partial charge in [0.2, 0.25) is 0 Å². The van der Waals surface area contributed by atoms with E-state index >= 15 is 0 Å². The van der Waals surface area contributed by atoms with E-state index < -0.39 is 0 Å². The summed E-state index contributed by atoms with van der Waals surface area (Å²) in [4.78, 5) is 9.47. The highest BCUT2D eigenvalue weighted by Crippen LogP contribution is 2.20. The molecule has 1 fully saturated rings. The van der Waals surface area contributed by atoms with E-state index in [2.05, 4.69) is 64.4 Å². The van der Waals surface area contributed by atoms with Gasteiger partial charge in [-0.05, 0) is 37.9 Å². The van der Waals surface area contributed by atoms with Crippen molar-refractivity contribution in [2.24, 2.45) is 10.9 Å². The number of aryl methyl sites for hydroxylation is 1. The van der Waals surface area contributed by atoms with Gasteiger partial charge in [0.25, 0.3) is 0 Å². The zero-order valence-electron chi connectivity index (χ0n) is 18.8. The molecule has 1 heterocycles. The predicted molar refractivity (Wildman–Crippen MR) is 134 cm³/mol. The zero-order chi connectivity index (χ0) is 20.4. The first-order valence-electron chi connectivity index (χ1n) is 10.7. The Morgan fingerprint density at radius 2 is 1.83 bits per heavy atom. The lowest BCUT2D eigenvalue weighted by molar-refractivity contribution is 0.124. The quantitative estimate of drug-likeness (QED) is 0.300. The molecule has 0 aliphatic carbocycles. The number of halogens is 1. The van der Waals surface area contributed by atoms with Gasteiger partial charge in [-0.2, -0.15) is 0 Å². The molecule has 1 saturated heterocycles. The van der Waals surface area contributed by atoms with Gasteiger partial charge < -0.3 is 25.2 Å². The summed E-state index contributed by atoms with van der Waals surface area (Å²) in [6, 6.07) is 6.34. The van der Waals surface area contributed by atoms with Crippen molar-refractivity contribution in [1.82, 2.24) is 20.4 Å². The number of guanidine groups is 1. The summed E-state index contributed by atoms with van der Waals surface area (Å²) in [5, 5.41) is 6.89. The molecule has 2 N–H and O–H groups in total. The highest BCUT2D eigenvalue weighted by atomic mass is 127. The van der Waals surface area contributed by atoms with E-state index in [1.807, 2.05) is 14.0 Å². The molecule has 0 aromatic heterocycles. The monoisotopic (exact) mass is 517 g/mol. The van der Waals surface area contributed by atoms with Gasteiger partial charge >= 0.3 is 0 Å². The maximum Gasteiger partial charge on any atom is 0.191 e. The summed E-state index contributed by atoms with van der Waals surface area (Å²) in [5.74, 6) is 2.36. The van der Waals surface area contributed by atoms with Crippen LogP contribution >= 0.6 is 24.0 Å². The van der Waals surface area contributed by atoms with Crippen molar-refractivity contribution in [3.63, 3.8) is 0 Å². The van der Waals surface area contributed by atoms with Gasteiger partial charge in [-0.1, -0.05) is 26.0 Å². The number of nitrogens with one attached hydrogen (secondary N) is 2. The fraction of sp³-hybridized carbons (Fsp3) is 0.682. The van der Waals surface area contributed by atoms with E-state index in [1.54, 1.807) is 0 Å². The molecule has 1 unspecified atom stereocenters. The minimum atomic E-state index is 0. The van der Waals surface area contributed by atoms with Crippen molar-refractivity contribution >= 4 is 29.9 Å². The first kappa shape index (κ1) is 26.0. The highest BCUT2D eigenvalue weighted by Gasteiger charge is 2.17. The van der Waals surface area contributed by atoms with Crippen LogP contribution in [0.1, 0.15) is 31.9 Å². The lowest BCUT2D eigenvalue weighted by atomic mass is 10.1. The molecule has 1 aromatic carbocycles. The van der Waals surface area contributed by atoms with Crippen LogP contribution in [0.5, 0.6) is 5.75 Å². The van der Waals surface area contributed by atoms with Crippen LogP contribution in [0.3, 0.4) is 0 Å². The molecular formula is C22H40IN5O. The van der Waals surface area contributed by atoms with Crippen molar-refractivity contribution in [2.75, 3.05) is 59.5 Å². The standard InChI is InChI=1S/C22H39N5O.HI/c1-6-26-10-12-27(13-11-26)17-19(4)15-24-22(23-5)25-16-20-9-8-18(3)14-21(20)28-7-2;/h8-9,14,19H,6-7,10-13,15-17H2,1-5H3,(H2,23,24,25);1H. The Balaban J connectivity index is 0.00000420. The van der Waals surface area contributed by atoms with Gasteiger partial charge in [-0.3, -0.25) is 4.99 Å². The summed E-state index contributed by atoms with van der Waals surface area (Å²) in [5.41, 5.74) is 2.36. The van der Waals surface area contributed by atoms with E-state index in [4.69, 9.17) is 4.74 Å². The Hall–Kier alpha value is -1.06. The molecule has 1 atom stereocenters. The minimum absolute atomic E-state index is 0. The molecule has 0 radical (unpaired) electrons. The molecule has 0 saturated carbocycles. The van der Waals surface area contributed by atoms with Crippen LogP contribution in [0.4, 0.5) is 0 Å². The van der Waals surface area contributed by atoms with Gasteiger partial charge in [0, 0.05) is 58.4 Å². The Morgan fingerprint density at radius 1 is 1.14 bits per heavy atom. The summed E-state index contributed by atoms with van der Waals surface area (Å²) in [6.07, 6.45) is 0. The van der Waals surface area contributed by atoms with Crippen molar-refractivity contribution in [1.29, 1.82) is 0 Å². The summed E-state index contributed by atoms with van der Waals surface area (Å²) in [7, 11) is 1.82. The number of piperazine rings is 1. The fourth-order valence-electron chi connectivity index (χ4n) is 3.56. The Kier molecular flexibility index (Phi) is 12.6. The van der Waals surface area contributed by atoms with Gasteiger partial charge in [0.15, 0.2) is 5.96 Å². The number of hydrogen-bond acceptors (Lipinski definition) is 4. The van der Waals surface area contributed by atoms with Gasteiger partial charge in [0.1, 0.15) is 5.75 Å². The van der Waals surface area contributed by atoms with Crippen LogP contribution in [0.25, 0.3) is 0 Å². The zero-order valence-corrected chi connectivity index (χ0v) is 21.2. The van der Waals surface area contributed by atoms with Crippen LogP contribution in [-0.4, -0.2) is 75.2 Å². The second-order valence-electron chi connectivity index (χ2n) is 7.69. The molecule has 29 heavy (non-hydrogen) atoms. The van der Waals surface area contributed by atoms with E-state index in [0.29, 0.717) is 19.1 Å². The summed E-state index contributed by atoms with van der Waals surface area (Å²) < 4.78 is 5.77. The van der Waals surface area contributed by atoms with Crippen molar-refractivity contribution < 1.29 is 4.74 Å². The normalized spacial score (nSPS) is 16.8. The number of ether oxygens (including phenoxy) is 1. The number of benzene rings is 1. The Labute approximate surface area is 194 Å². The van der Waals surface area contributed by atoms with Gasteiger partial charge in [-0.15, -0.1) is 24.0 Å². The van der Waals surface area contributed by atoms with Crippen molar-refractivity contribution in [3.05, 3.63) is 29.3 Å². The Morgan fingerprint density at radius 3 is 2.45 bits per heavy atom. The van der Waals surface area contributed by atoms with Crippen LogP contribution in [0, 0.1) is 12.8 Å². The molecule has 2 rings (SSSR count). The fourth-order valence-corrected chi connectivity index (χ4v) is 3.56. The highest BCUT2D eigenvalue weighted by molar-refractivity contribution is 14.0. The lowest BCUT2D eigenvalue weighted by Gasteiger charge is -2.35. The number of hydrogen-bond donors (Lipinski definition) is 2. The second kappa shape index (κ2) is 14.0. The predicted octanol–water partition coefficient (Wildman–Crippen LogP) is 2.95. The number of likely N-dealkylation sites (N-methyl/N-ethyl adjacent to an activating group) is 1. The lowest BCUT2D eigenvalue weighted by Crippen LogP contribution is -2.48. The summed E-state index contributed by atoms with van der Waals surface area (Å²) >= 11 is 0. The maximum absolute atomic E-state index is 5.77. The van der Waals surface area contributed by atoms with Crippen LogP contribution in [0.2, 0.25) is 0 Å². The smallest absolute Gasteiger partial charge is 0.191 e. The molecule has 0 amide bonds. The number of nitrogens with zero attached hydrogens (tertiary/aromatic N) is 3. The topological polar surface area (TPSA) is 52.1 Å².